The lowest BCUT2D eigenvalue weighted by Crippen LogP contribution is -1.88. The third-order valence-corrected chi connectivity index (χ3v) is 3.39. The molecule has 1 aromatic heterocycles. The van der Waals surface area contributed by atoms with Gasteiger partial charge in [-0.25, -0.2) is 9.97 Å². The molecule has 1 heterocycles. The van der Waals surface area contributed by atoms with Crippen molar-refractivity contribution >= 4 is 39.3 Å². The molecular formula is C11H8BrClN2S. The Hall–Kier alpha value is -0.580. The normalized spacial score (nSPS) is 10.4. The minimum absolute atomic E-state index is 0.289. The van der Waals surface area contributed by atoms with Crippen LogP contribution in [0.15, 0.2) is 44.7 Å². The van der Waals surface area contributed by atoms with Crippen molar-refractivity contribution in [1.82, 2.24) is 9.97 Å². The van der Waals surface area contributed by atoms with Crippen molar-refractivity contribution in [2.45, 2.75) is 16.8 Å². The highest BCUT2D eigenvalue weighted by Crippen LogP contribution is 2.28. The van der Waals surface area contributed by atoms with Crippen LogP contribution in [0.4, 0.5) is 0 Å². The largest absolute Gasteiger partial charge is 0.223 e. The van der Waals surface area contributed by atoms with Gasteiger partial charge < -0.3 is 0 Å². The maximum atomic E-state index is 5.80. The number of nitrogens with zero attached hydrogens (tertiary/aromatic N) is 2. The fourth-order valence-electron chi connectivity index (χ4n) is 1.21. The summed E-state index contributed by atoms with van der Waals surface area (Å²) in [6, 6.07) is 9.96. The summed E-state index contributed by atoms with van der Waals surface area (Å²) in [5.41, 5.74) is 0.873. The van der Waals surface area contributed by atoms with Gasteiger partial charge in [0.05, 0.1) is 0 Å². The Morgan fingerprint density at radius 1 is 1.25 bits per heavy atom. The number of benzene rings is 1. The summed E-state index contributed by atoms with van der Waals surface area (Å²) in [5, 5.41) is 1.15. The molecule has 0 unspecified atom stereocenters. The Labute approximate surface area is 112 Å². The van der Waals surface area contributed by atoms with E-state index in [1.807, 2.05) is 37.3 Å². The molecule has 0 saturated carbocycles. The molecule has 0 aliphatic heterocycles. The van der Waals surface area contributed by atoms with Gasteiger partial charge in [0, 0.05) is 15.1 Å². The van der Waals surface area contributed by atoms with Gasteiger partial charge in [0.1, 0.15) is 5.03 Å². The van der Waals surface area contributed by atoms with E-state index in [9.17, 15) is 0 Å². The van der Waals surface area contributed by atoms with Gasteiger partial charge in [0.2, 0.25) is 5.28 Å². The van der Waals surface area contributed by atoms with Crippen molar-refractivity contribution in [1.29, 1.82) is 0 Å². The zero-order valence-electron chi connectivity index (χ0n) is 8.45. The Bertz CT molecular complexity index is 499. The van der Waals surface area contributed by atoms with Crippen LogP contribution in [-0.4, -0.2) is 9.97 Å². The molecular weight excluding hydrogens is 308 g/mol. The van der Waals surface area contributed by atoms with Gasteiger partial charge in [0.25, 0.3) is 0 Å². The predicted molar refractivity (Wildman–Crippen MR) is 70.0 cm³/mol. The molecule has 0 spiro atoms. The van der Waals surface area contributed by atoms with Crippen LogP contribution in [0.25, 0.3) is 0 Å². The second-order valence-electron chi connectivity index (χ2n) is 3.18. The van der Waals surface area contributed by atoms with Gasteiger partial charge in [-0.1, -0.05) is 33.8 Å². The standard InChI is InChI=1S/C11H8BrClN2S/c1-7-5-10(15-11(13)14-7)16-9-4-2-3-8(12)6-9/h2-6H,1H3. The highest BCUT2D eigenvalue weighted by Gasteiger charge is 2.02. The Kier molecular flexibility index (Phi) is 3.84. The van der Waals surface area contributed by atoms with Crippen molar-refractivity contribution in [3.05, 3.63) is 45.8 Å². The van der Waals surface area contributed by atoms with E-state index in [-0.39, 0.29) is 5.28 Å². The summed E-state index contributed by atoms with van der Waals surface area (Å²) < 4.78 is 1.05. The lowest BCUT2D eigenvalue weighted by atomic mass is 10.4. The van der Waals surface area contributed by atoms with Crippen molar-refractivity contribution in [2.24, 2.45) is 0 Å². The molecule has 82 valence electrons. The van der Waals surface area contributed by atoms with E-state index in [4.69, 9.17) is 11.6 Å². The molecule has 16 heavy (non-hydrogen) atoms. The number of aryl methyl sites for hydroxylation is 1. The van der Waals surface area contributed by atoms with Crippen molar-refractivity contribution in [3.63, 3.8) is 0 Å². The van der Waals surface area contributed by atoms with Gasteiger partial charge in [-0.3, -0.25) is 0 Å². The third-order valence-electron chi connectivity index (χ3n) is 1.82. The molecule has 0 amide bonds. The molecule has 1 aromatic carbocycles. The minimum atomic E-state index is 0.289. The first kappa shape index (κ1) is 11.9. The predicted octanol–water partition coefficient (Wildman–Crippen LogP) is 4.35. The molecule has 2 rings (SSSR count). The molecule has 0 fully saturated rings. The highest BCUT2D eigenvalue weighted by molar-refractivity contribution is 9.10. The van der Waals surface area contributed by atoms with Crippen LogP contribution >= 0.6 is 39.3 Å². The Morgan fingerprint density at radius 3 is 2.75 bits per heavy atom. The van der Waals surface area contributed by atoms with E-state index in [0.717, 1.165) is 20.1 Å². The molecule has 0 N–H and O–H groups in total. The number of hydrogen-bond acceptors (Lipinski definition) is 3. The molecule has 2 aromatic rings. The summed E-state index contributed by atoms with van der Waals surface area (Å²) in [4.78, 5) is 9.30. The molecule has 2 nitrogen and oxygen atoms in total. The first-order valence-corrected chi connectivity index (χ1v) is 6.57. The smallest absolute Gasteiger partial charge is 0.223 e. The first-order chi connectivity index (χ1) is 7.63. The second kappa shape index (κ2) is 5.17. The Morgan fingerprint density at radius 2 is 2.06 bits per heavy atom. The number of hydrogen-bond donors (Lipinski definition) is 0. The fraction of sp³-hybridized carbons (Fsp3) is 0.0909. The maximum Gasteiger partial charge on any atom is 0.223 e. The van der Waals surface area contributed by atoms with Gasteiger partial charge in [-0.2, -0.15) is 0 Å². The van der Waals surface area contributed by atoms with Gasteiger partial charge >= 0.3 is 0 Å². The zero-order chi connectivity index (χ0) is 11.5. The first-order valence-electron chi connectivity index (χ1n) is 4.58. The van der Waals surface area contributed by atoms with Crippen molar-refractivity contribution in [3.8, 4) is 0 Å². The summed E-state index contributed by atoms with van der Waals surface area (Å²) in [7, 11) is 0. The van der Waals surface area contributed by atoms with Gasteiger partial charge in [-0.15, -0.1) is 0 Å². The Balaban J connectivity index is 2.27. The van der Waals surface area contributed by atoms with E-state index < -0.39 is 0 Å². The summed E-state index contributed by atoms with van der Waals surface area (Å²) in [6.07, 6.45) is 0. The van der Waals surface area contributed by atoms with Crippen LogP contribution in [0.2, 0.25) is 5.28 Å². The average molecular weight is 316 g/mol. The van der Waals surface area contributed by atoms with Crippen LogP contribution in [0, 0.1) is 6.92 Å². The monoisotopic (exact) mass is 314 g/mol. The number of rotatable bonds is 2. The van der Waals surface area contributed by atoms with Crippen LogP contribution in [0.3, 0.4) is 0 Å². The summed E-state index contributed by atoms with van der Waals surface area (Å²) >= 11 is 10.8. The molecule has 0 saturated heterocycles. The van der Waals surface area contributed by atoms with Gasteiger partial charge in [-0.05, 0) is 42.8 Å². The van der Waals surface area contributed by atoms with Crippen molar-refractivity contribution < 1.29 is 0 Å². The second-order valence-corrected chi connectivity index (χ2v) is 5.52. The molecule has 0 atom stereocenters. The highest BCUT2D eigenvalue weighted by atomic mass is 79.9. The van der Waals surface area contributed by atoms with E-state index in [0.29, 0.717) is 0 Å². The number of halogens is 2. The van der Waals surface area contributed by atoms with E-state index in [1.54, 1.807) is 11.8 Å². The minimum Gasteiger partial charge on any atom is -0.223 e. The van der Waals surface area contributed by atoms with Crippen LogP contribution in [-0.2, 0) is 0 Å². The fourth-order valence-corrected chi connectivity index (χ4v) is 2.97. The number of aromatic nitrogens is 2. The van der Waals surface area contributed by atoms with Crippen LogP contribution < -0.4 is 0 Å². The molecule has 0 aliphatic carbocycles. The SMILES string of the molecule is Cc1cc(Sc2cccc(Br)c2)nc(Cl)n1. The molecule has 0 aliphatic rings. The zero-order valence-corrected chi connectivity index (χ0v) is 11.6. The summed E-state index contributed by atoms with van der Waals surface area (Å²) in [6.45, 7) is 1.90. The lowest BCUT2D eigenvalue weighted by Gasteiger charge is -2.02. The third kappa shape index (κ3) is 3.20. The van der Waals surface area contributed by atoms with E-state index >= 15 is 0 Å². The topological polar surface area (TPSA) is 25.8 Å². The quantitative estimate of drug-likeness (QED) is 0.608. The van der Waals surface area contributed by atoms with Crippen molar-refractivity contribution in [2.75, 3.05) is 0 Å². The van der Waals surface area contributed by atoms with Gasteiger partial charge in [0.15, 0.2) is 0 Å². The van der Waals surface area contributed by atoms with Crippen LogP contribution in [0.1, 0.15) is 5.69 Å². The van der Waals surface area contributed by atoms with Crippen LogP contribution in [0.5, 0.6) is 0 Å². The summed E-state index contributed by atoms with van der Waals surface area (Å²) in [5.74, 6) is 0. The molecule has 0 radical (unpaired) electrons. The van der Waals surface area contributed by atoms with E-state index in [2.05, 4.69) is 25.9 Å². The lowest BCUT2D eigenvalue weighted by molar-refractivity contribution is 1.01. The maximum absolute atomic E-state index is 5.80. The molecule has 5 heteroatoms. The van der Waals surface area contributed by atoms with E-state index in [1.165, 1.54) is 0 Å². The average Bonchev–Trinajstić information content (AvgIpc) is 2.15. The molecule has 0 bridgehead atoms.